The Morgan fingerprint density at radius 1 is 0.931 bits per heavy atom. The fourth-order valence-corrected chi connectivity index (χ4v) is 5.85. The van der Waals surface area contributed by atoms with Crippen molar-refractivity contribution in [3.63, 3.8) is 0 Å². The Kier molecular flexibility index (Phi) is 6.61. The molecule has 0 aliphatic heterocycles. The second-order valence-corrected chi connectivity index (χ2v) is 11.6. The molecule has 1 aromatic heterocycles. The van der Waals surface area contributed by atoms with E-state index in [-0.39, 0.29) is 14.9 Å². The molecule has 0 spiro atoms. The van der Waals surface area contributed by atoms with Gasteiger partial charge in [0.05, 0.1) is 15.8 Å². The highest BCUT2D eigenvalue weighted by Gasteiger charge is 2.22. The van der Waals surface area contributed by atoms with Crippen LogP contribution in [0.4, 0.5) is 5.13 Å². The Bertz CT molecular complexity index is 1210. The first kappa shape index (κ1) is 22.1. The summed E-state index contributed by atoms with van der Waals surface area (Å²) in [4.78, 5) is 0.114. The van der Waals surface area contributed by atoms with Gasteiger partial charge in [0.2, 0.25) is 15.2 Å². The zero-order chi connectivity index (χ0) is 21.2. The van der Waals surface area contributed by atoms with Crippen molar-refractivity contribution < 1.29 is 16.8 Å². The lowest BCUT2D eigenvalue weighted by molar-refractivity contribution is 0.565. The molecule has 13 heteroatoms. The minimum Gasteiger partial charge on any atom is -0.253 e. The van der Waals surface area contributed by atoms with Gasteiger partial charge in [-0.25, -0.2) is 21.6 Å². The van der Waals surface area contributed by atoms with E-state index in [0.717, 1.165) is 15.8 Å². The molecule has 29 heavy (non-hydrogen) atoms. The summed E-state index contributed by atoms with van der Waals surface area (Å²) in [6.45, 7) is 1.58. The van der Waals surface area contributed by atoms with E-state index in [2.05, 4.69) is 35.6 Å². The van der Waals surface area contributed by atoms with Crippen LogP contribution in [0.5, 0.6) is 0 Å². The first-order valence-electron chi connectivity index (χ1n) is 7.96. The molecule has 0 aliphatic rings. The van der Waals surface area contributed by atoms with Gasteiger partial charge in [-0.15, -0.1) is 10.2 Å². The van der Waals surface area contributed by atoms with Gasteiger partial charge < -0.3 is 0 Å². The zero-order valence-electron chi connectivity index (χ0n) is 14.7. The Hall–Kier alpha value is -1.57. The third kappa shape index (κ3) is 5.53. The molecule has 0 radical (unpaired) electrons. The Balaban J connectivity index is 1.73. The van der Waals surface area contributed by atoms with Crippen LogP contribution < -0.4 is 9.44 Å². The number of hydrogen-bond acceptors (Lipinski definition) is 7. The molecule has 1 atom stereocenters. The van der Waals surface area contributed by atoms with Gasteiger partial charge in [-0.2, -0.15) is 0 Å². The zero-order valence-corrected chi connectivity index (χ0v) is 19.5. The lowest BCUT2D eigenvalue weighted by Crippen LogP contribution is -2.26. The van der Waals surface area contributed by atoms with Crippen molar-refractivity contribution in [2.45, 2.75) is 22.8 Å². The number of anilines is 1. The number of rotatable bonds is 7. The van der Waals surface area contributed by atoms with E-state index in [1.54, 1.807) is 19.1 Å². The van der Waals surface area contributed by atoms with Gasteiger partial charge in [-0.1, -0.05) is 38.9 Å². The lowest BCUT2D eigenvalue weighted by Gasteiger charge is -2.11. The molecule has 8 nitrogen and oxygen atoms in total. The normalized spacial score (nSPS) is 13.2. The number of nitrogens with one attached hydrogen (secondary N) is 2. The number of benzene rings is 2. The minimum absolute atomic E-state index is 0.0282. The van der Waals surface area contributed by atoms with Crippen LogP contribution in [0.3, 0.4) is 0 Å². The molecule has 154 valence electrons. The highest BCUT2D eigenvalue weighted by Crippen LogP contribution is 2.26. The van der Waals surface area contributed by atoms with Crippen LogP contribution in [0.2, 0.25) is 5.02 Å². The van der Waals surface area contributed by atoms with Crippen molar-refractivity contribution in [2.75, 3.05) is 4.72 Å². The average molecular weight is 538 g/mol. The average Bonchev–Trinajstić information content (AvgIpc) is 3.10. The van der Waals surface area contributed by atoms with Gasteiger partial charge in [0, 0.05) is 9.50 Å². The van der Waals surface area contributed by atoms with Gasteiger partial charge in [0.15, 0.2) is 0 Å². The Morgan fingerprint density at radius 2 is 1.48 bits per heavy atom. The standard InChI is InChI=1S/C16H14BrClN4O4S3/c1-10(21-28(23,24)14-8-4-12(18)5-9-14)15-19-20-16(27-15)22-29(25,26)13-6-2-11(17)3-7-13/h2-10,21H,1H3,(H,20,22). The van der Waals surface area contributed by atoms with E-state index in [9.17, 15) is 16.8 Å². The minimum atomic E-state index is -3.84. The first-order valence-corrected chi connectivity index (χ1v) is 12.9. The van der Waals surface area contributed by atoms with Crippen molar-refractivity contribution in [1.29, 1.82) is 0 Å². The Labute approximate surface area is 185 Å². The summed E-state index contributed by atoms with van der Waals surface area (Å²) in [5, 5.41) is 8.43. The molecular weight excluding hydrogens is 524 g/mol. The van der Waals surface area contributed by atoms with Crippen LogP contribution in [-0.2, 0) is 20.0 Å². The van der Waals surface area contributed by atoms with Crippen molar-refractivity contribution in [3.8, 4) is 0 Å². The molecule has 0 aliphatic carbocycles. The van der Waals surface area contributed by atoms with E-state index in [1.165, 1.54) is 36.4 Å². The smallest absolute Gasteiger partial charge is 0.253 e. The predicted molar refractivity (Wildman–Crippen MR) is 115 cm³/mol. The van der Waals surface area contributed by atoms with E-state index in [1.807, 2.05) is 0 Å². The van der Waals surface area contributed by atoms with Gasteiger partial charge in [-0.3, -0.25) is 4.72 Å². The molecule has 1 unspecified atom stereocenters. The fraction of sp³-hybridized carbons (Fsp3) is 0.125. The molecule has 3 aromatic rings. The molecule has 0 bridgehead atoms. The number of aromatic nitrogens is 2. The van der Waals surface area contributed by atoms with Crippen molar-refractivity contribution >= 4 is 64.0 Å². The first-order chi connectivity index (χ1) is 13.6. The van der Waals surface area contributed by atoms with Gasteiger partial charge in [-0.05, 0) is 55.5 Å². The van der Waals surface area contributed by atoms with E-state index < -0.39 is 26.1 Å². The molecule has 0 saturated heterocycles. The second-order valence-electron chi connectivity index (χ2n) is 5.80. The Morgan fingerprint density at radius 3 is 2.10 bits per heavy atom. The predicted octanol–water partition coefficient (Wildman–Crippen LogP) is 3.79. The number of nitrogens with zero attached hydrogens (tertiary/aromatic N) is 2. The van der Waals surface area contributed by atoms with E-state index in [0.29, 0.717) is 10.0 Å². The molecule has 1 heterocycles. The monoisotopic (exact) mass is 536 g/mol. The fourth-order valence-electron chi connectivity index (χ4n) is 2.20. The van der Waals surface area contributed by atoms with Gasteiger partial charge in [0.25, 0.3) is 10.0 Å². The van der Waals surface area contributed by atoms with Crippen LogP contribution in [0.25, 0.3) is 0 Å². The van der Waals surface area contributed by atoms with Crippen LogP contribution in [0.15, 0.2) is 62.8 Å². The maximum Gasteiger partial charge on any atom is 0.263 e. The SMILES string of the molecule is CC(NS(=O)(=O)c1ccc(Cl)cc1)c1nnc(NS(=O)(=O)c2ccc(Br)cc2)s1. The summed E-state index contributed by atoms with van der Waals surface area (Å²) in [6.07, 6.45) is 0. The van der Waals surface area contributed by atoms with E-state index in [4.69, 9.17) is 11.6 Å². The van der Waals surface area contributed by atoms with Crippen LogP contribution >= 0.6 is 38.9 Å². The highest BCUT2D eigenvalue weighted by molar-refractivity contribution is 9.10. The van der Waals surface area contributed by atoms with Crippen LogP contribution in [0, 0.1) is 0 Å². The maximum absolute atomic E-state index is 12.5. The summed E-state index contributed by atoms with van der Waals surface area (Å²) in [5.41, 5.74) is 0. The third-order valence-corrected chi connectivity index (χ3v) is 8.46. The number of hydrogen-bond donors (Lipinski definition) is 2. The molecule has 2 N–H and O–H groups in total. The summed E-state index contributed by atoms with van der Waals surface area (Å²) in [7, 11) is -7.65. The largest absolute Gasteiger partial charge is 0.263 e. The molecule has 2 aromatic carbocycles. The molecule has 0 saturated carbocycles. The number of halogens is 2. The van der Waals surface area contributed by atoms with Crippen LogP contribution in [0.1, 0.15) is 18.0 Å². The summed E-state index contributed by atoms with van der Waals surface area (Å²) in [6, 6.07) is 11.1. The third-order valence-electron chi connectivity index (χ3n) is 3.61. The summed E-state index contributed by atoms with van der Waals surface area (Å²) in [5.74, 6) is 0. The van der Waals surface area contributed by atoms with Crippen LogP contribution in [-0.4, -0.2) is 27.0 Å². The van der Waals surface area contributed by atoms with Crippen molar-refractivity contribution in [2.24, 2.45) is 0 Å². The quantitative estimate of drug-likeness (QED) is 0.473. The molecule has 0 amide bonds. The topological polar surface area (TPSA) is 118 Å². The maximum atomic E-state index is 12.5. The highest BCUT2D eigenvalue weighted by atomic mass is 79.9. The van der Waals surface area contributed by atoms with Gasteiger partial charge in [0.1, 0.15) is 5.01 Å². The second kappa shape index (κ2) is 8.66. The number of sulfonamides is 2. The van der Waals surface area contributed by atoms with Crippen molar-refractivity contribution in [1.82, 2.24) is 14.9 Å². The molecule has 3 rings (SSSR count). The molecule has 0 fully saturated rings. The molecular formula is C16H14BrClN4O4S3. The van der Waals surface area contributed by atoms with Crippen molar-refractivity contribution in [3.05, 3.63) is 63.0 Å². The van der Waals surface area contributed by atoms with E-state index >= 15 is 0 Å². The summed E-state index contributed by atoms with van der Waals surface area (Å²) < 4.78 is 55.3. The lowest BCUT2D eigenvalue weighted by atomic mass is 10.4. The van der Waals surface area contributed by atoms with Gasteiger partial charge >= 0.3 is 0 Å². The summed E-state index contributed by atoms with van der Waals surface area (Å²) >= 11 is 9.96.